The van der Waals surface area contributed by atoms with Crippen molar-refractivity contribution in [3.8, 4) is 0 Å². The summed E-state index contributed by atoms with van der Waals surface area (Å²) in [5.74, 6) is 0.308. The monoisotopic (exact) mass is 289 g/mol. The zero-order valence-corrected chi connectivity index (χ0v) is 11.8. The molecule has 2 atom stereocenters. The highest BCUT2D eigenvalue weighted by Gasteiger charge is 2.38. The Morgan fingerprint density at radius 3 is 2.95 bits per heavy atom. The van der Waals surface area contributed by atoms with Gasteiger partial charge in [0.25, 0.3) is 5.69 Å². The number of nitro groups is 1. The first-order valence-electron chi connectivity index (χ1n) is 7.41. The van der Waals surface area contributed by atoms with E-state index in [-0.39, 0.29) is 28.4 Å². The van der Waals surface area contributed by atoms with Gasteiger partial charge in [-0.3, -0.25) is 14.9 Å². The maximum absolute atomic E-state index is 12.8. The second kappa shape index (κ2) is 5.44. The van der Waals surface area contributed by atoms with E-state index < -0.39 is 0 Å². The second-order valence-corrected chi connectivity index (χ2v) is 5.80. The molecule has 1 aromatic rings. The van der Waals surface area contributed by atoms with Crippen molar-refractivity contribution >= 4 is 17.3 Å². The number of fused-ring (bicyclic) bond motifs is 1. The molecule has 6 nitrogen and oxygen atoms in total. The molecule has 1 amide bonds. The molecular weight excluding hydrogens is 270 g/mol. The highest BCUT2D eigenvalue weighted by atomic mass is 16.6. The summed E-state index contributed by atoms with van der Waals surface area (Å²) >= 11 is 0. The predicted molar refractivity (Wildman–Crippen MR) is 79.0 cm³/mol. The number of hydrogen-bond acceptors (Lipinski definition) is 4. The van der Waals surface area contributed by atoms with Crippen molar-refractivity contribution in [1.29, 1.82) is 0 Å². The van der Waals surface area contributed by atoms with Crippen LogP contribution < -0.4 is 10.6 Å². The van der Waals surface area contributed by atoms with E-state index in [9.17, 15) is 14.9 Å². The Morgan fingerprint density at radius 1 is 1.43 bits per heavy atom. The van der Waals surface area contributed by atoms with Crippen LogP contribution in [0.3, 0.4) is 0 Å². The molecule has 1 fully saturated rings. The number of amides is 1. The molecule has 1 aromatic carbocycles. The summed E-state index contributed by atoms with van der Waals surface area (Å²) in [4.78, 5) is 25.2. The van der Waals surface area contributed by atoms with Crippen LogP contribution in [0.1, 0.15) is 24.8 Å². The largest absolute Gasteiger partial charge is 0.330 e. The number of nitrogens with zero attached hydrogens (tertiary/aromatic N) is 2. The van der Waals surface area contributed by atoms with Crippen molar-refractivity contribution < 1.29 is 9.72 Å². The summed E-state index contributed by atoms with van der Waals surface area (Å²) in [6.07, 6.45) is 3.47. The summed E-state index contributed by atoms with van der Waals surface area (Å²) in [5.41, 5.74) is 7.26. The second-order valence-electron chi connectivity index (χ2n) is 5.80. The Bertz CT molecular complexity index is 588. The molecule has 0 spiro atoms. The molecule has 0 aromatic heterocycles. The van der Waals surface area contributed by atoms with Gasteiger partial charge in [-0.25, -0.2) is 0 Å². The third-order valence-corrected chi connectivity index (χ3v) is 4.74. The summed E-state index contributed by atoms with van der Waals surface area (Å²) in [6, 6.07) is 4.96. The van der Waals surface area contributed by atoms with Crippen LogP contribution in [0.15, 0.2) is 18.2 Å². The normalized spacial score (nSPS) is 24.1. The van der Waals surface area contributed by atoms with E-state index in [4.69, 9.17) is 5.73 Å². The number of hydrogen-bond donors (Lipinski definition) is 1. The third kappa shape index (κ3) is 2.29. The van der Waals surface area contributed by atoms with Crippen molar-refractivity contribution in [2.24, 2.45) is 17.6 Å². The zero-order valence-electron chi connectivity index (χ0n) is 11.8. The van der Waals surface area contributed by atoms with E-state index >= 15 is 0 Å². The highest BCUT2D eigenvalue weighted by Crippen LogP contribution is 2.39. The Hall–Kier alpha value is -1.95. The van der Waals surface area contributed by atoms with Crippen molar-refractivity contribution in [3.05, 3.63) is 33.9 Å². The molecule has 21 heavy (non-hydrogen) atoms. The minimum atomic E-state index is -0.370. The number of benzene rings is 1. The maximum atomic E-state index is 12.8. The molecule has 3 rings (SSSR count). The lowest BCUT2D eigenvalue weighted by Crippen LogP contribution is -2.38. The number of nitro benzene ring substituents is 1. The van der Waals surface area contributed by atoms with Gasteiger partial charge in [0.1, 0.15) is 0 Å². The van der Waals surface area contributed by atoms with Gasteiger partial charge in [-0.15, -0.1) is 0 Å². The number of nitrogens with two attached hydrogens (primary N) is 1. The molecule has 1 saturated carbocycles. The fraction of sp³-hybridized carbons (Fsp3) is 0.533. The number of carbonyl (C=O) groups excluding carboxylic acids is 1. The fourth-order valence-electron chi connectivity index (χ4n) is 3.66. The zero-order chi connectivity index (χ0) is 15.0. The average Bonchev–Trinajstić information content (AvgIpc) is 3.12. The predicted octanol–water partition coefficient (Wildman–Crippen LogP) is 1.86. The molecule has 0 saturated heterocycles. The van der Waals surface area contributed by atoms with Crippen LogP contribution in [-0.2, 0) is 11.2 Å². The van der Waals surface area contributed by atoms with Gasteiger partial charge in [0, 0.05) is 18.5 Å². The summed E-state index contributed by atoms with van der Waals surface area (Å²) in [5, 5.41) is 11.1. The first kappa shape index (κ1) is 14.0. The molecule has 1 aliphatic heterocycles. The molecule has 1 heterocycles. The Balaban J connectivity index is 1.89. The average molecular weight is 289 g/mol. The summed E-state index contributed by atoms with van der Waals surface area (Å²) in [7, 11) is 0. The van der Waals surface area contributed by atoms with E-state index in [1.54, 1.807) is 17.0 Å². The topological polar surface area (TPSA) is 89.5 Å². The lowest BCUT2D eigenvalue weighted by Gasteiger charge is -2.24. The molecule has 2 N–H and O–H groups in total. The van der Waals surface area contributed by atoms with Crippen LogP contribution in [-0.4, -0.2) is 23.9 Å². The van der Waals surface area contributed by atoms with Crippen LogP contribution in [0.25, 0.3) is 0 Å². The molecular formula is C15H19N3O3. The number of anilines is 1. The highest BCUT2D eigenvalue weighted by molar-refractivity contribution is 5.98. The van der Waals surface area contributed by atoms with Crippen LogP contribution in [0.2, 0.25) is 0 Å². The van der Waals surface area contributed by atoms with Crippen LogP contribution in [0.4, 0.5) is 11.4 Å². The standard InChI is InChI=1S/C15H19N3O3/c16-9-10-3-1-4-11(10)15(19)17-8-7-12-13(17)5-2-6-14(12)18(20)21/h2,5-6,10-11H,1,3-4,7-9,16H2/t10-,11-/m1/s1. The first-order valence-corrected chi connectivity index (χ1v) is 7.41. The Morgan fingerprint density at radius 2 is 2.24 bits per heavy atom. The van der Waals surface area contributed by atoms with Crippen LogP contribution in [0.5, 0.6) is 0 Å². The van der Waals surface area contributed by atoms with Crippen LogP contribution >= 0.6 is 0 Å². The fourth-order valence-corrected chi connectivity index (χ4v) is 3.66. The van der Waals surface area contributed by atoms with Gasteiger partial charge in [0.15, 0.2) is 0 Å². The minimum absolute atomic E-state index is 0.0276. The van der Waals surface area contributed by atoms with Gasteiger partial charge in [0.05, 0.1) is 16.2 Å². The first-order chi connectivity index (χ1) is 10.1. The van der Waals surface area contributed by atoms with E-state index in [2.05, 4.69) is 0 Å². The van der Waals surface area contributed by atoms with Crippen molar-refractivity contribution in [1.82, 2.24) is 0 Å². The van der Waals surface area contributed by atoms with Crippen molar-refractivity contribution in [2.45, 2.75) is 25.7 Å². The van der Waals surface area contributed by atoms with Crippen LogP contribution in [0, 0.1) is 22.0 Å². The molecule has 6 heteroatoms. The van der Waals surface area contributed by atoms with Gasteiger partial charge in [-0.2, -0.15) is 0 Å². The number of carbonyl (C=O) groups is 1. The lowest BCUT2D eigenvalue weighted by atomic mass is 9.94. The molecule has 112 valence electrons. The smallest absolute Gasteiger partial charge is 0.274 e. The summed E-state index contributed by atoms with van der Waals surface area (Å²) < 4.78 is 0. The van der Waals surface area contributed by atoms with Gasteiger partial charge in [0.2, 0.25) is 5.91 Å². The van der Waals surface area contributed by atoms with Gasteiger partial charge in [-0.05, 0) is 37.8 Å². The van der Waals surface area contributed by atoms with Crippen molar-refractivity contribution in [2.75, 3.05) is 18.0 Å². The van der Waals surface area contributed by atoms with Crippen molar-refractivity contribution in [3.63, 3.8) is 0 Å². The van der Waals surface area contributed by atoms with E-state index in [0.29, 0.717) is 30.8 Å². The van der Waals surface area contributed by atoms with E-state index in [1.165, 1.54) is 6.07 Å². The lowest BCUT2D eigenvalue weighted by molar-refractivity contribution is -0.385. The number of rotatable bonds is 3. The quantitative estimate of drug-likeness (QED) is 0.679. The maximum Gasteiger partial charge on any atom is 0.274 e. The third-order valence-electron chi connectivity index (χ3n) is 4.74. The molecule has 1 aliphatic carbocycles. The molecule has 0 bridgehead atoms. The Kier molecular flexibility index (Phi) is 3.63. The van der Waals surface area contributed by atoms with Gasteiger partial charge < -0.3 is 10.6 Å². The minimum Gasteiger partial charge on any atom is -0.330 e. The van der Waals surface area contributed by atoms with Gasteiger partial charge in [-0.1, -0.05) is 12.5 Å². The SMILES string of the molecule is NC[C@H]1CCC[C@H]1C(=O)N1CCc2c1cccc2[N+](=O)[O-]. The summed E-state index contributed by atoms with van der Waals surface area (Å²) in [6.45, 7) is 1.07. The molecule has 0 unspecified atom stereocenters. The van der Waals surface area contributed by atoms with E-state index in [1.807, 2.05) is 0 Å². The van der Waals surface area contributed by atoms with Gasteiger partial charge >= 0.3 is 0 Å². The van der Waals surface area contributed by atoms with E-state index in [0.717, 1.165) is 19.3 Å². The molecule has 2 aliphatic rings. The molecule has 0 radical (unpaired) electrons. The Labute approximate surface area is 123 Å².